The number of nitro groups is 1. The van der Waals surface area contributed by atoms with Gasteiger partial charge in [0, 0.05) is 12.7 Å². The summed E-state index contributed by atoms with van der Waals surface area (Å²) in [5, 5.41) is 13.1. The van der Waals surface area contributed by atoms with Crippen LogP contribution < -0.4 is 5.32 Å². The molecular weight excluding hydrogens is 358 g/mol. The van der Waals surface area contributed by atoms with Crippen LogP contribution in [0.15, 0.2) is 40.8 Å². The van der Waals surface area contributed by atoms with E-state index in [9.17, 15) is 24.5 Å². The van der Waals surface area contributed by atoms with Crippen LogP contribution >= 0.6 is 0 Å². The zero-order valence-electron chi connectivity index (χ0n) is 14.6. The van der Waals surface area contributed by atoms with Crippen molar-refractivity contribution in [2.75, 3.05) is 25.5 Å². The molecule has 0 spiro atoms. The lowest BCUT2D eigenvalue weighted by Gasteiger charge is -2.16. The largest absolute Gasteiger partial charge is 0.450 e. The van der Waals surface area contributed by atoms with Gasteiger partial charge in [0.2, 0.25) is 11.7 Å². The van der Waals surface area contributed by atoms with Gasteiger partial charge in [0.15, 0.2) is 6.61 Å². The van der Waals surface area contributed by atoms with E-state index in [1.54, 1.807) is 12.1 Å². The Labute approximate surface area is 153 Å². The predicted molar refractivity (Wildman–Crippen MR) is 93.1 cm³/mol. The molecular formula is C17H17N3O7. The molecule has 0 aliphatic carbocycles. The number of nitrogens with zero attached hydrogens (tertiary/aromatic N) is 2. The first-order chi connectivity index (χ1) is 12.8. The van der Waals surface area contributed by atoms with Crippen LogP contribution in [0.2, 0.25) is 0 Å². The van der Waals surface area contributed by atoms with Crippen LogP contribution in [-0.4, -0.2) is 47.8 Å². The summed E-state index contributed by atoms with van der Waals surface area (Å²) in [5.74, 6) is -3.06. The van der Waals surface area contributed by atoms with Gasteiger partial charge in [-0.1, -0.05) is 17.7 Å². The number of amides is 2. The third kappa shape index (κ3) is 5.66. The van der Waals surface area contributed by atoms with E-state index >= 15 is 0 Å². The van der Waals surface area contributed by atoms with Gasteiger partial charge in [-0.05, 0) is 25.1 Å². The Bertz CT molecular complexity index is 858. The fourth-order valence-electron chi connectivity index (χ4n) is 1.99. The number of hydrogen-bond donors (Lipinski definition) is 1. The zero-order chi connectivity index (χ0) is 20.0. The molecule has 2 rings (SSSR count). The summed E-state index contributed by atoms with van der Waals surface area (Å²) in [7, 11) is 1.38. The summed E-state index contributed by atoms with van der Waals surface area (Å²) in [6, 6.07) is 9.22. The normalized spacial score (nSPS) is 10.1. The number of ether oxygens (including phenoxy) is 1. The standard InChI is InChI=1S/C17H17N3O7/c1-11-3-5-12(6-4-11)18-14(21)9-19(2)15(22)10-26-17(23)13-7-8-16(27-13)20(24)25/h3-8H,9-10H2,1-2H3,(H,18,21). The van der Waals surface area contributed by atoms with E-state index in [0.717, 1.165) is 22.6 Å². The summed E-state index contributed by atoms with van der Waals surface area (Å²) in [6.45, 7) is 1.04. The van der Waals surface area contributed by atoms with E-state index in [1.807, 2.05) is 19.1 Å². The lowest BCUT2D eigenvalue weighted by Crippen LogP contribution is -2.37. The first kappa shape index (κ1) is 19.6. The lowest BCUT2D eigenvalue weighted by atomic mass is 10.2. The van der Waals surface area contributed by atoms with Crippen molar-refractivity contribution in [2.45, 2.75) is 6.92 Å². The second-order valence-corrected chi connectivity index (χ2v) is 5.64. The van der Waals surface area contributed by atoms with Crippen LogP contribution in [0.4, 0.5) is 11.6 Å². The molecule has 1 heterocycles. The maximum absolute atomic E-state index is 12.0. The van der Waals surface area contributed by atoms with Gasteiger partial charge in [-0.2, -0.15) is 0 Å². The first-order valence-electron chi connectivity index (χ1n) is 7.78. The second-order valence-electron chi connectivity index (χ2n) is 5.64. The molecule has 27 heavy (non-hydrogen) atoms. The van der Waals surface area contributed by atoms with Crippen molar-refractivity contribution in [2.24, 2.45) is 0 Å². The van der Waals surface area contributed by atoms with E-state index in [-0.39, 0.29) is 6.54 Å². The Morgan fingerprint density at radius 1 is 1.19 bits per heavy atom. The van der Waals surface area contributed by atoms with E-state index < -0.39 is 41.0 Å². The minimum absolute atomic E-state index is 0.240. The van der Waals surface area contributed by atoms with Crippen LogP contribution in [0.3, 0.4) is 0 Å². The van der Waals surface area contributed by atoms with Crippen molar-refractivity contribution >= 4 is 29.4 Å². The molecule has 142 valence electrons. The number of rotatable bonds is 7. The smallest absolute Gasteiger partial charge is 0.433 e. The molecule has 10 heteroatoms. The fourth-order valence-corrected chi connectivity index (χ4v) is 1.99. The third-order valence-corrected chi connectivity index (χ3v) is 3.44. The van der Waals surface area contributed by atoms with Crippen molar-refractivity contribution in [3.8, 4) is 0 Å². The molecule has 0 unspecified atom stereocenters. The number of carbonyl (C=O) groups excluding carboxylic acids is 3. The van der Waals surface area contributed by atoms with Crippen molar-refractivity contribution in [3.63, 3.8) is 0 Å². The number of esters is 1. The van der Waals surface area contributed by atoms with Crippen molar-refractivity contribution in [1.29, 1.82) is 0 Å². The Hall–Kier alpha value is -3.69. The molecule has 2 aromatic rings. The van der Waals surface area contributed by atoms with Gasteiger partial charge in [-0.25, -0.2) is 4.79 Å². The van der Waals surface area contributed by atoms with Gasteiger partial charge in [0.05, 0.1) is 12.6 Å². The van der Waals surface area contributed by atoms with Gasteiger partial charge in [0.25, 0.3) is 5.91 Å². The highest BCUT2D eigenvalue weighted by Crippen LogP contribution is 2.16. The fraction of sp³-hybridized carbons (Fsp3) is 0.235. The van der Waals surface area contributed by atoms with Crippen molar-refractivity contribution in [1.82, 2.24) is 4.90 Å². The maximum Gasteiger partial charge on any atom is 0.433 e. The molecule has 1 aromatic carbocycles. The van der Waals surface area contributed by atoms with Crippen molar-refractivity contribution in [3.05, 3.63) is 57.8 Å². The van der Waals surface area contributed by atoms with Gasteiger partial charge in [-0.3, -0.25) is 19.7 Å². The Kier molecular flexibility index (Phi) is 6.26. The van der Waals surface area contributed by atoms with Crippen LogP contribution in [0.1, 0.15) is 16.1 Å². The second kappa shape index (κ2) is 8.61. The van der Waals surface area contributed by atoms with E-state index in [0.29, 0.717) is 5.69 Å². The van der Waals surface area contributed by atoms with Gasteiger partial charge in [0.1, 0.15) is 4.92 Å². The highest BCUT2D eigenvalue weighted by molar-refractivity contribution is 5.95. The van der Waals surface area contributed by atoms with Gasteiger partial charge < -0.3 is 19.4 Å². The SMILES string of the molecule is Cc1ccc(NC(=O)CN(C)C(=O)COC(=O)c2ccc([N+](=O)[O-])o2)cc1. The summed E-state index contributed by atoms with van der Waals surface area (Å²) in [5.41, 5.74) is 1.64. The molecule has 0 bridgehead atoms. The molecule has 1 N–H and O–H groups in total. The Morgan fingerprint density at radius 3 is 2.44 bits per heavy atom. The monoisotopic (exact) mass is 375 g/mol. The Balaban J connectivity index is 1.80. The molecule has 10 nitrogen and oxygen atoms in total. The van der Waals surface area contributed by atoms with Crippen molar-refractivity contribution < 1.29 is 28.5 Å². The maximum atomic E-state index is 12.0. The first-order valence-corrected chi connectivity index (χ1v) is 7.78. The molecule has 2 amide bonds. The molecule has 0 radical (unpaired) electrons. The summed E-state index contributed by atoms with van der Waals surface area (Å²) in [6.07, 6.45) is 0. The average molecular weight is 375 g/mol. The molecule has 0 fully saturated rings. The quantitative estimate of drug-likeness (QED) is 0.443. The molecule has 0 saturated carbocycles. The number of likely N-dealkylation sites (N-methyl/N-ethyl adjacent to an activating group) is 1. The van der Waals surface area contributed by atoms with E-state index in [2.05, 4.69) is 9.73 Å². The minimum Gasteiger partial charge on any atom is -0.450 e. The number of hydrogen-bond acceptors (Lipinski definition) is 7. The number of aryl methyl sites for hydroxylation is 1. The Morgan fingerprint density at radius 2 is 1.85 bits per heavy atom. The number of nitrogens with one attached hydrogen (secondary N) is 1. The van der Waals surface area contributed by atoms with E-state index in [1.165, 1.54) is 7.05 Å². The highest BCUT2D eigenvalue weighted by atomic mass is 16.7. The molecule has 0 atom stereocenters. The van der Waals surface area contributed by atoms with Crippen LogP contribution in [0.25, 0.3) is 0 Å². The van der Waals surface area contributed by atoms with Crippen LogP contribution in [0, 0.1) is 17.0 Å². The number of anilines is 1. The van der Waals surface area contributed by atoms with Crippen LogP contribution in [-0.2, 0) is 14.3 Å². The number of carbonyl (C=O) groups is 3. The van der Waals surface area contributed by atoms with Gasteiger partial charge >= 0.3 is 11.9 Å². The van der Waals surface area contributed by atoms with Gasteiger partial charge in [-0.15, -0.1) is 0 Å². The molecule has 0 aliphatic rings. The minimum atomic E-state index is -1.02. The summed E-state index contributed by atoms with van der Waals surface area (Å²) >= 11 is 0. The van der Waals surface area contributed by atoms with E-state index in [4.69, 9.17) is 4.74 Å². The molecule has 0 saturated heterocycles. The lowest BCUT2D eigenvalue weighted by molar-refractivity contribution is -0.402. The summed E-state index contributed by atoms with van der Waals surface area (Å²) in [4.78, 5) is 46.4. The topological polar surface area (TPSA) is 132 Å². The highest BCUT2D eigenvalue weighted by Gasteiger charge is 2.20. The zero-order valence-corrected chi connectivity index (χ0v) is 14.6. The molecule has 1 aromatic heterocycles. The number of furan rings is 1. The summed E-state index contributed by atoms with van der Waals surface area (Å²) < 4.78 is 9.42. The predicted octanol–water partition coefficient (Wildman–Crippen LogP) is 1.75. The number of benzene rings is 1. The van der Waals surface area contributed by atoms with Crippen LogP contribution in [0.5, 0.6) is 0 Å². The average Bonchev–Trinajstić information content (AvgIpc) is 3.11. The molecule has 0 aliphatic heterocycles. The third-order valence-electron chi connectivity index (χ3n) is 3.44.